The first-order valence-electron chi connectivity index (χ1n) is 7.91. The van der Waals surface area contributed by atoms with E-state index in [0.717, 1.165) is 51.0 Å². The van der Waals surface area contributed by atoms with Crippen LogP contribution in [-0.4, -0.2) is 42.1 Å². The van der Waals surface area contributed by atoms with Crippen molar-refractivity contribution in [1.82, 2.24) is 10.2 Å². The van der Waals surface area contributed by atoms with Gasteiger partial charge in [-0.2, -0.15) is 0 Å². The number of carbonyl (C=O) groups excluding carboxylic acids is 1. The van der Waals surface area contributed by atoms with Crippen molar-refractivity contribution in [2.45, 2.75) is 33.1 Å². The van der Waals surface area contributed by atoms with Crippen LogP contribution in [0, 0.1) is 12.8 Å². The molecule has 1 aliphatic rings. The van der Waals surface area contributed by atoms with E-state index in [1.165, 1.54) is 0 Å². The van der Waals surface area contributed by atoms with Gasteiger partial charge in [0.15, 0.2) is 0 Å². The Balaban J connectivity index is 2.10. The van der Waals surface area contributed by atoms with Crippen molar-refractivity contribution in [1.29, 1.82) is 0 Å². The number of phenols is 1. The fourth-order valence-corrected chi connectivity index (χ4v) is 2.91. The lowest BCUT2D eigenvalue weighted by Crippen LogP contribution is -2.39. The second-order valence-electron chi connectivity index (χ2n) is 5.97. The minimum absolute atomic E-state index is 0.0483. The number of aromatic hydroxyl groups is 1. The molecule has 21 heavy (non-hydrogen) atoms. The fraction of sp³-hybridized carbons (Fsp3) is 0.588. The molecule has 1 saturated heterocycles. The number of piperidine rings is 1. The van der Waals surface area contributed by atoms with Crippen LogP contribution in [0.15, 0.2) is 18.2 Å². The van der Waals surface area contributed by atoms with Gasteiger partial charge in [-0.05, 0) is 62.9 Å². The van der Waals surface area contributed by atoms with Gasteiger partial charge in [-0.15, -0.1) is 0 Å². The highest BCUT2D eigenvalue weighted by molar-refractivity contribution is 5.96. The Labute approximate surface area is 127 Å². The van der Waals surface area contributed by atoms with E-state index < -0.39 is 0 Å². The highest BCUT2D eigenvalue weighted by atomic mass is 16.3. The summed E-state index contributed by atoms with van der Waals surface area (Å²) in [5, 5.41) is 13.4. The zero-order valence-corrected chi connectivity index (χ0v) is 13.1. The summed E-state index contributed by atoms with van der Waals surface area (Å²) in [5.74, 6) is 0.605. The molecule has 1 aromatic rings. The zero-order valence-electron chi connectivity index (χ0n) is 13.1. The molecule has 2 rings (SSSR count). The van der Waals surface area contributed by atoms with Crippen LogP contribution in [0.3, 0.4) is 0 Å². The number of carbonyl (C=O) groups is 1. The number of phenolic OH excluding ortho intramolecular Hbond substituents is 1. The molecule has 0 aromatic heterocycles. The number of rotatable bonds is 5. The minimum Gasteiger partial charge on any atom is -0.507 e. The van der Waals surface area contributed by atoms with Gasteiger partial charge in [0.1, 0.15) is 5.75 Å². The molecule has 4 heteroatoms. The second kappa shape index (κ2) is 7.46. The van der Waals surface area contributed by atoms with E-state index in [1.807, 2.05) is 17.9 Å². The fourth-order valence-electron chi connectivity index (χ4n) is 2.91. The molecule has 1 amide bonds. The van der Waals surface area contributed by atoms with Crippen LogP contribution in [0.5, 0.6) is 5.75 Å². The number of amides is 1. The molecule has 2 N–H and O–H groups in total. The first-order valence-corrected chi connectivity index (χ1v) is 7.91. The third-order valence-corrected chi connectivity index (χ3v) is 4.10. The first-order chi connectivity index (χ1) is 10.1. The number of nitrogens with zero attached hydrogens (tertiary/aromatic N) is 1. The van der Waals surface area contributed by atoms with E-state index in [0.29, 0.717) is 11.5 Å². The Bertz CT molecular complexity index is 482. The number of nitrogens with one attached hydrogen (secondary N) is 1. The summed E-state index contributed by atoms with van der Waals surface area (Å²) < 4.78 is 0. The summed E-state index contributed by atoms with van der Waals surface area (Å²) in [4.78, 5) is 14.6. The van der Waals surface area contributed by atoms with E-state index in [9.17, 15) is 9.90 Å². The average Bonchev–Trinajstić information content (AvgIpc) is 2.47. The van der Waals surface area contributed by atoms with Gasteiger partial charge in [-0.3, -0.25) is 4.79 Å². The number of hydrogen-bond acceptors (Lipinski definition) is 3. The number of benzene rings is 1. The zero-order chi connectivity index (χ0) is 15.2. The third-order valence-electron chi connectivity index (χ3n) is 4.10. The molecule has 0 spiro atoms. The Morgan fingerprint density at radius 2 is 2.10 bits per heavy atom. The molecule has 1 aliphatic heterocycles. The predicted molar refractivity (Wildman–Crippen MR) is 84.6 cm³/mol. The van der Waals surface area contributed by atoms with Gasteiger partial charge in [0, 0.05) is 13.1 Å². The first kappa shape index (κ1) is 15.8. The van der Waals surface area contributed by atoms with Gasteiger partial charge in [0.05, 0.1) is 5.56 Å². The van der Waals surface area contributed by atoms with Crippen LogP contribution in [0.1, 0.15) is 42.1 Å². The van der Waals surface area contributed by atoms with Crippen molar-refractivity contribution in [3.05, 3.63) is 29.3 Å². The third kappa shape index (κ3) is 4.21. The predicted octanol–water partition coefficient (Wildman–Crippen LogP) is 2.55. The molecule has 0 radical (unpaired) electrons. The molecular formula is C17H26N2O2. The summed E-state index contributed by atoms with van der Waals surface area (Å²) in [6.07, 6.45) is 3.17. The van der Waals surface area contributed by atoms with Gasteiger partial charge in [-0.25, -0.2) is 0 Å². The molecule has 1 fully saturated rings. The molecule has 1 aromatic carbocycles. The Morgan fingerprint density at radius 1 is 1.38 bits per heavy atom. The van der Waals surface area contributed by atoms with Crippen LogP contribution >= 0.6 is 0 Å². The van der Waals surface area contributed by atoms with E-state index in [2.05, 4.69) is 12.2 Å². The summed E-state index contributed by atoms with van der Waals surface area (Å²) in [5.41, 5.74) is 1.38. The number of hydrogen-bond donors (Lipinski definition) is 2. The monoisotopic (exact) mass is 290 g/mol. The van der Waals surface area contributed by atoms with Crippen molar-refractivity contribution >= 4 is 5.91 Å². The molecule has 116 valence electrons. The van der Waals surface area contributed by atoms with E-state index in [-0.39, 0.29) is 11.7 Å². The van der Waals surface area contributed by atoms with Crippen LogP contribution < -0.4 is 5.32 Å². The molecule has 0 unspecified atom stereocenters. The van der Waals surface area contributed by atoms with Crippen LogP contribution in [-0.2, 0) is 0 Å². The Kier molecular flexibility index (Phi) is 5.62. The Hall–Kier alpha value is -1.55. The normalized spacial score (nSPS) is 15.9. The summed E-state index contributed by atoms with van der Waals surface area (Å²) in [6, 6.07) is 5.27. The van der Waals surface area contributed by atoms with E-state index in [1.54, 1.807) is 12.1 Å². The van der Waals surface area contributed by atoms with Gasteiger partial charge in [0.2, 0.25) is 0 Å². The maximum atomic E-state index is 12.7. The molecule has 0 saturated carbocycles. The van der Waals surface area contributed by atoms with Gasteiger partial charge >= 0.3 is 0 Å². The second-order valence-corrected chi connectivity index (χ2v) is 5.97. The van der Waals surface area contributed by atoms with E-state index in [4.69, 9.17) is 0 Å². The SMILES string of the molecule is CCCN(CC1CCNCC1)C(=O)c1ccc(C)cc1O. The Morgan fingerprint density at radius 3 is 2.71 bits per heavy atom. The summed E-state index contributed by atoms with van der Waals surface area (Å²) in [7, 11) is 0. The van der Waals surface area contributed by atoms with Crippen LogP contribution in [0.2, 0.25) is 0 Å². The van der Waals surface area contributed by atoms with Gasteiger partial charge in [-0.1, -0.05) is 13.0 Å². The largest absolute Gasteiger partial charge is 0.507 e. The lowest BCUT2D eigenvalue weighted by Gasteiger charge is -2.30. The highest BCUT2D eigenvalue weighted by Gasteiger charge is 2.22. The summed E-state index contributed by atoms with van der Waals surface area (Å²) >= 11 is 0. The molecule has 0 atom stereocenters. The van der Waals surface area contributed by atoms with Gasteiger partial charge in [0.25, 0.3) is 5.91 Å². The van der Waals surface area contributed by atoms with Gasteiger partial charge < -0.3 is 15.3 Å². The van der Waals surface area contributed by atoms with E-state index >= 15 is 0 Å². The average molecular weight is 290 g/mol. The molecule has 0 aliphatic carbocycles. The lowest BCUT2D eigenvalue weighted by atomic mass is 9.97. The van der Waals surface area contributed by atoms with Crippen LogP contribution in [0.25, 0.3) is 0 Å². The van der Waals surface area contributed by atoms with Crippen molar-refractivity contribution < 1.29 is 9.90 Å². The minimum atomic E-state index is -0.0483. The standard InChI is InChI=1S/C17H26N2O2/c1-3-10-19(12-14-6-8-18-9-7-14)17(21)15-5-4-13(2)11-16(15)20/h4-5,11,14,18,20H,3,6-10,12H2,1-2H3. The van der Waals surface area contributed by atoms with Crippen molar-refractivity contribution in [2.75, 3.05) is 26.2 Å². The molecule has 0 bridgehead atoms. The molecule has 4 nitrogen and oxygen atoms in total. The van der Waals surface area contributed by atoms with Crippen molar-refractivity contribution in [3.63, 3.8) is 0 Å². The maximum Gasteiger partial charge on any atom is 0.257 e. The van der Waals surface area contributed by atoms with Crippen molar-refractivity contribution in [2.24, 2.45) is 5.92 Å². The quantitative estimate of drug-likeness (QED) is 0.876. The topological polar surface area (TPSA) is 52.6 Å². The summed E-state index contributed by atoms with van der Waals surface area (Å²) in [6.45, 7) is 7.60. The van der Waals surface area contributed by atoms with Crippen LogP contribution in [0.4, 0.5) is 0 Å². The number of aryl methyl sites for hydroxylation is 1. The van der Waals surface area contributed by atoms with Crippen molar-refractivity contribution in [3.8, 4) is 5.75 Å². The smallest absolute Gasteiger partial charge is 0.257 e. The highest BCUT2D eigenvalue weighted by Crippen LogP contribution is 2.22. The maximum absolute atomic E-state index is 12.7. The molecule has 1 heterocycles. The lowest BCUT2D eigenvalue weighted by molar-refractivity contribution is 0.0713. The molecular weight excluding hydrogens is 264 g/mol.